The Balaban J connectivity index is 2.08. The predicted molar refractivity (Wildman–Crippen MR) is 109 cm³/mol. The Morgan fingerprint density at radius 1 is 1.08 bits per heavy atom. The fourth-order valence-corrected chi connectivity index (χ4v) is 3.92. The van der Waals surface area contributed by atoms with Gasteiger partial charge in [-0.05, 0) is 80.6 Å². The van der Waals surface area contributed by atoms with Crippen LogP contribution >= 0.6 is 23.4 Å². The third kappa shape index (κ3) is 5.26. The van der Waals surface area contributed by atoms with Crippen LogP contribution in [0.1, 0.15) is 48.6 Å². The second kappa shape index (κ2) is 8.77. The molecule has 0 aliphatic carbocycles. The Morgan fingerprint density at radius 2 is 1.68 bits per heavy atom. The Labute approximate surface area is 160 Å². The molecule has 0 heterocycles. The highest BCUT2D eigenvalue weighted by atomic mass is 35.5. The minimum atomic E-state index is -0.115. The Kier molecular flexibility index (Phi) is 6.97. The normalized spacial score (nSPS) is 13.4. The maximum atomic E-state index is 12.7. The van der Waals surface area contributed by atoms with E-state index in [4.69, 9.17) is 11.6 Å². The molecule has 4 heteroatoms. The molecule has 2 aromatic carbocycles. The first-order valence-corrected chi connectivity index (χ1v) is 9.88. The largest absolute Gasteiger partial charge is 0.349 e. The number of hydrogen-bond donors (Lipinski definition) is 1. The number of thioether (sulfide) groups is 1. The standard InChI is InChI=1S/C21H26ClNOS/c1-6-20(25-18-9-7-17(22)8-10-18)21(24)23-16(5)19-12-14(3)13(2)11-15(19)4/h7-12,16,20H,6H2,1-5H3,(H,23,24)/t16-,20-/m1/s1. The highest BCUT2D eigenvalue weighted by Crippen LogP contribution is 2.28. The van der Waals surface area contributed by atoms with E-state index in [1.807, 2.05) is 31.2 Å². The fourth-order valence-electron chi connectivity index (χ4n) is 2.83. The van der Waals surface area contributed by atoms with Gasteiger partial charge in [0.15, 0.2) is 0 Å². The SMILES string of the molecule is CC[C@@H](Sc1ccc(Cl)cc1)C(=O)N[C@H](C)c1cc(C)c(C)cc1C. The van der Waals surface area contributed by atoms with Gasteiger partial charge < -0.3 is 5.32 Å². The van der Waals surface area contributed by atoms with Gasteiger partial charge in [0.1, 0.15) is 0 Å². The highest BCUT2D eigenvalue weighted by molar-refractivity contribution is 8.00. The Hall–Kier alpha value is -1.45. The van der Waals surface area contributed by atoms with Gasteiger partial charge in [-0.2, -0.15) is 0 Å². The fraction of sp³-hybridized carbons (Fsp3) is 0.381. The molecule has 0 spiro atoms. The monoisotopic (exact) mass is 375 g/mol. The first-order valence-electron chi connectivity index (χ1n) is 8.62. The van der Waals surface area contributed by atoms with E-state index in [-0.39, 0.29) is 17.2 Å². The molecule has 0 fully saturated rings. The predicted octanol–water partition coefficient (Wildman–Crippen LogP) is 6.01. The molecule has 0 saturated carbocycles. The molecule has 0 bridgehead atoms. The molecule has 2 aromatic rings. The molecule has 2 rings (SSSR count). The van der Waals surface area contributed by atoms with Crippen LogP contribution in [0.15, 0.2) is 41.3 Å². The first-order chi connectivity index (χ1) is 11.8. The number of rotatable bonds is 6. The third-order valence-electron chi connectivity index (χ3n) is 4.46. The zero-order chi connectivity index (χ0) is 18.6. The number of halogens is 1. The number of carbonyl (C=O) groups excluding carboxylic acids is 1. The van der Waals surface area contributed by atoms with Crippen LogP contribution in [0, 0.1) is 20.8 Å². The molecule has 2 nitrogen and oxygen atoms in total. The summed E-state index contributed by atoms with van der Waals surface area (Å²) in [6.45, 7) is 10.4. The van der Waals surface area contributed by atoms with Crippen LogP contribution in [0.25, 0.3) is 0 Å². The van der Waals surface area contributed by atoms with E-state index in [0.29, 0.717) is 5.02 Å². The summed E-state index contributed by atoms with van der Waals surface area (Å²) in [5.74, 6) is 0.0765. The lowest BCUT2D eigenvalue weighted by Gasteiger charge is -2.21. The lowest BCUT2D eigenvalue weighted by Crippen LogP contribution is -2.34. The van der Waals surface area contributed by atoms with Gasteiger partial charge in [-0.3, -0.25) is 4.79 Å². The van der Waals surface area contributed by atoms with Crippen molar-refractivity contribution in [2.75, 3.05) is 0 Å². The molecule has 0 aliphatic rings. The number of carbonyl (C=O) groups is 1. The van der Waals surface area contributed by atoms with E-state index >= 15 is 0 Å². The van der Waals surface area contributed by atoms with Gasteiger partial charge in [0.05, 0.1) is 11.3 Å². The molecule has 1 N–H and O–H groups in total. The first kappa shape index (κ1) is 19.9. The summed E-state index contributed by atoms with van der Waals surface area (Å²) in [4.78, 5) is 13.8. The van der Waals surface area contributed by atoms with Gasteiger partial charge in [-0.1, -0.05) is 30.7 Å². The van der Waals surface area contributed by atoms with E-state index in [2.05, 4.69) is 45.1 Å². The van der Waals surface area contributed by atoms with E-state index in [9.17, 15) is 4.79 Å². The smallest absolute Gasteiger partial charge is 0.233 e. The summed E-state index contributed by atoms with van der Waals surface area (Å²) in [7, 11) is 0. The van der Waals surface area contributed by atoms with E-state index in [1.165, 1.54) is 22.3 Å². The third-order valence-corrected chi connectivity index (χ3v) is 6.09. The molecular weight excluding hydrogens is 350 g/mol. The number of hydrogen-bond acceptors (Lipinski definition) is 2. The van der Waals surface area contributed by atoms with Crippen molar-refractivity contribution in [2.45, 2.75) is 57.2 Å². The number of benzene rings is 2. The molecule has 134 valence electrons. The van der Waals surface area contributed by atoms with Gasteiger partial charge in [-0.15, -0.1) is 11.8 Å². The topological polar surface area (TPSA) is 29.1 Å². The van der Waals surface area contributed by atoms with Gasteiger partial charge >= 0.3 is 0 Å². The molecular formula is C21H26ClNOS. The number of amides is 1. The van der Waals surface area contributed by atoms with Crippen LogP contribution < -0.4 is 5.32 Å². The molecule has 1 amide bonds. The van der Waals surface area contributed by atoms with E-state index in [1.54, 1.807) is 11.8 Å². The van der Waals surface area contributed by atoms with Gasteiger partial charge in [0, 0.05) is 9.92 Å². The minimum Gasteiger partial charge on any atom is -0.349 e. The molecule has 0 unspecified atom stereocenters. The average Bonchev–Trinajstić information content (AvgIpc) is 2.57. The maximum Gasteiger partial charge on any atom is 0.233 e. The van der Waals surface area contributed by atoms with Crippen molar-refractivity contribution in [3.8, 4) is 0 Å². The van der Waals surface area contributed by atoms with Crippen LogP contribution in [0.2, 0.25) is 5.02 Å². The second-order valence-corrected chi connectivity index (χ2v) is 8.20. The maximum absolute atomic E-state index is 12.7. The summed E-state index contributed by atoms with van der Waals surface area (Å²) in [6.07, 6.45) is 0.776. The lowest BCUT2D eigenvalue weighted by atomic mass is 9.96. The van der Waals surface area contributed by atoms with Gasteiger partial charge in [0.2, 0.25) is 5.91 Å². The van der Waals surface area contributed by atoms with Crippen molar-refractivity contribution in [3.05, 3.63) is 63.7 Å². The van der Waals surface area contributed by atoms with Crippen LogP contribution in [-0.4, -0.2) is 11.2 Å². The van der Waals surface area contributed by atoms with Crippen molar-refractivity contribution in [2.24, 2.45) is 0 Å². The van der Waals surface area contributed by atoms with Crippen molar-refractivity contribution in [1.82, 2.24) is 5.32 Å². The van der Waals surface area contributed by atoms with Crippen molar-refractivity contribution in [3.63, 3.8) is 0 Å². The van der Waals surface area contributed by atoms with Crippen LogP contribution in [0.4, 0.5) is 0 Å². The summed E-state index contributed by atoms with van der Waals surface area (Å²) >= 11 is 7.51. The van der Waals surface area contributed by atoms with Crippen LogP contribution in [0.5, 0.6) is 0 Å². The summed E-state index contributed by atoms with van der Waals surface area (Å²) in [5.41, 5.74) is 4.94. The summed E-state index contributed by atoms with van der Waals surface area (Å²) in [5, 5.41) is 3.77. The van der Waals surface area contributed by atoms with Gasteiger partial charge in [0.25, 0.3) is 0 Å². The van der Waals surface area contributed by atoms with Crippen LogP contribution in [-0.2, 0) is 4.79 Å². The lowest BCUT2D eigenvalue weighted by molar-refractivity contribution is -0.121. The number of aryl methyl sites for hydroxylation is 3. The molecule has 0 radical (unpaired) electrons. The number of nitrogens with one attached hydrogen (secondary N) is 1. The van der Waals surface area contributed by atoms with Crippen molar-refractivity contribution in [1.29, 1.82) is 0 Å². The van der Waals surface area contributed by atoms with E-state index < -0.39 is 0 Å². The second-order valence-electron chi connectivity index (χ2n) is 6.49. The zero-order valence-corrected chi connectivity index (χ0v) is 17.1. The quantitative estimate of drug-likeness (QED) is 0.626. The molecule has 2 atom stereocenters. The molecule has 0 aliphatic heterocycles. The minimum absolute atomic E-state index is 0.00771. The summed E-state index contributed by atoms with van der Waals surface area (Å²) in [6, 6.07) is 12.0. The van der Waals surface area contributed by atoms with Crippen LogP contribution in [0.3, 0.4) is 0 Å². The van der Waals surface area contributed by atoms with Crippen molar-refractivity contribution >= 4 is 29.3 Å². The average molecular weight is 376 g/mol. The van der Waals surface area contributed by atoms with Gasteiger partial charge in [-0.25, -0.2) is 0 Å². The zero-order valence-electron chi connectivity index (χ0n) is 15.5. The van der Waals surface area contributed by atoms with Crippen molar-refractivity contribution < 1.29 is 4.79 Å². The van der Waals surface area contributed by atoms with E-state index in [0.717, 1.165) is 11.3 Å². The summed E-state index contributed by atoms with van der Waals surface area (Å²) < 4.78 is 0. The Bertz CT molecular complexity index is 742. The molecule has 25 heavy (non-hydrogen) atoms. The molecule has 0 saturated heterocycles. The Morgan fingerprint density at radius 3 is 2.28 bits per heavy atom. The highest BCUT2D eigenvalue weighted by Gasteiger charge is 2.21. The molecule has 0 aromatic heterocycles.